The summed E-state index contributed by atoms with van der Waals surface area (Å²) in [5.74, 6) is 0. The van der Waals surface area contributed by atoms with Gasteiger partial charge in [0.15, 0.2) is 0 Å². The van der Waals surface area contributed by atoms with Crippen molar-refractivity contribution in [3.05, 3.63) is 35.9 Å². The molecule has 156 valence electrons. The molecule has 1 aliphatic rings. The van der Waals surface area contributed by atoms with Gasteiger partial charge in [0.2, 0.25) is 0 Å². The Labute approximate surface area is 167 Å². The van der Waals surface area contributed by atoms with Gasteiger partial charge in [-0.05, 0) is 52.0 Å². The number of likely N-dealkylation sites (tertiary alicyclic amines) is 1. The third-order valence-electron chi connectivity index (χ3n) is 4.77. The summed E-state index contributed by atoms with van der Waals surface area (Å²) in [5.41, 5.74) is -0.112. The van der Waals surface area contributed by atoms with Crippen molar-refractivity contribution in [1.29, 1.82) is 0 Å². The van der Waals surface area contributed by atoms with Crippen LogP contribution >= 0.6 is 0 Å². The highest BCUT2D eigenvalue weighted by Crippen LogP contribution is 2.28. The number of aliphatic hydroxyl groups is 1. The number of carbonyl (C=O) groups excluding carboxylic acids is 2. The zero-order valence-corrected chi connectivity index (χ0v) is 17.1. The summed E-state index contributed by atoms with van der Waals surface area (Å²) in [7, 11) is 0. The molecule has 0 radical (unpaired) electrons. The molecule has 7 nitrogen and oxygen atoms in total. The van der Waals surface area contributed by atoms with Gasteiger partial charge in [-0.3, -0.25) is 0 Å². The van der Waals surface area contributed by atoms with Crippen LogP contribution in [0.5, 0.6) is 0 Å². The molecule has 2 rings (SSSR count). The molecule has 0 unspecified atom stereocenters. The Hall–Kier alpha value is -2.28. The van der Waals surface area contributed by atoms with E-state index in [1.165, 1.54) is 0 Å². The third-order valence-corrected chi connectivity index (χ3v) is 4.77. The van der Waals surface area contributed by atoms with E-state index in [2.05, 4.69) is 5.32 Å². The molecule has 0 saturated carbocycles. The molecule has 0 spiro atoms. The average molecular weight is 392 g/mol. The predicted octanol–water partition coefficient (Wildman–Crippen LogP) is 3.46. The van der Waals surface area contributed by atoms with Crippen LogP contribution in [-0.4, -0.2) is 53.0 Å². The summed E-state index contributed by atoms with van der Waals surface area (Å²) >= 11 is 0. The zero-order chi connectivity index (χ0) is 20.6. The van der Waals surface area contributed by atoms with Gasteiger partial charge in [0.25, 0.3) is 0 Å². The molecule has 1 aromatic rings. The number of benzene rings is 1. The summed E-state index contributed by atoms with van der Waals surface area (Å²) in [6.45, 7) is 6.74. The molecular formula is C21H32N2O5. The van der Waals surface area contributed by atoms with E-state index in [-0.39, 0.29) is 19.3 Å². The lowest BCUT2D eigenvalue weighted by Gasteiger charge is -2.42. The largest absolute Gasteiger partial charge is 0.445 e. The fourth-order valence-corrected chi connectivity index (χ4v) is 3.27. The van der Waals surface area contributed by atoms with Crippen LogP contribution in [0.1, 0.15) is 52.0 Å². The lowest BCUT2D eigenvalue weighted by molar-refractivity contribution is 0.0134. The number of nitrogens with one attached hydrogen (secondary N) is 1. The van der Waals surface area contributed by atoms with E-state index in [0.29, 0.717) is 38.8 Å². The molecule has 1 aliphatic heterocycles. The number of alkyl carbamates (subject to hydrolysis) is 1. The molecule has 0 aromatic heterocycles. The van der Waals surface area contributed by atoms with Crippen LogP contribution in [0, 0.1) is 0 Å². The number of rotatable bonds is 6. The molecule has 1 heterocycles. The standard InChI is InChI=1S/C21H32N2O5/c1-20(2,3)28-19(26)23-13-11-21(12-14-23,10-7-15-24)22-18(25)27-16-17-8-5-4-6-9-17/h4-6,8-9,24H,7,10-16H2,1-3H3,(H,22,25). The van der Waals surface area contributed by atoms with E-state index in [1.807, 2.05) is 51.1 Å². The van der Waals surface area contributed by atoms with Crippen molar-refractivity contribution in [2.75, 3.05) is 19.7 Å². The van der Waals surface area contributed by atoms with Crippen molar-refractivity contribution in [3.63, 3.8) is 0 Å². The van der Waals surface area contributed by atoms with E-state index in [1.54, 1.807) is 4.90 Å². The topological polar surface area (TPSA) is 88.1 Å². The molecule has 1 saturated heterocycles. The smallest absolute Gasteiger partial charge is 0.410 e. The van der Waals surface area contributed by atoms with E-state index in [9.17, 15) is 14.7 Å². The molecule has 0 atom stereocenters. The fraction of sp³-hybridized carbons (Fsp3) is 0.619. The predicted molar refractivity (Wildman–Crippen MR) is 106 cm³/mol. The van der Waals surface area contributed by atoms with Crippen LogP contribution in [-0.2, 0) is 16.1 Å². The second-order valence-corrected chi connectivity index (χ2v) is 8.26. The molecular weight excluding hydrogens is 360 g/mol. The number of piperidine rings is 1. The molecule has 7 heteroatoms. The van der Waals surface area contributed by atoms with Crippen LogP contribution in [0.3, 0.4) is 0 Å². The molecule has 0 aliphatic carbocycles. The summed E-state index contributed by atoms with van der Waals surface area (Å²) in [6, 6.07) is 9.49. The van der Waals surface area contributed by atoms with E-state index >= 15 is 0 Å². The number of hydrogen-bond acceptors (Lipinski definition) is 5. The van der Waals surface area contributed by atoms with Gasteiger partial charge in [0.1, 0.15) is 12.2 Å². The molecule has 1 fully saturated rings. The van der Waals surface area contributed by atoms with Gasteiger partial charge >= 0.3 is 12.2 Å². The van der Waals surface area contributed by atoms with Crippen LogP contribution in [0.4, 0.5) is 9.59 Å². The quantitative estimate of drug-likeness (QED) is 0.774. The van der Waals surface area contributed by atoms with Gasteiger partial charge in [-0.2, -0.15) is 0 Å². The Bertz CT molecular complexity index is 634. The van der Waals surface area contributed by atoms with Gasteiger partial charge < -0.3 is 24.8 Å². The first kappa shape index (κ1) is 22.0. The monoisotopic (exact) mass is 392 g/mol. The van der Waals surface area contributed by atoms with E-state index < -0.39 is 17.2 Å². The van der Waals surface area contributed by atoms with Gasteiger partial charge in [0.05, 0.1) is 0 Å². The minimum absolute atomic E-state index is 0.0538. The summed E-state index contributed by atoms with van der Waals surface area (Å²) in [6.07, 6.45) is 1.57. The van der Waals surface area contributed by atoms with Crippen LogP contribution in [0.25, 0.3) is 0 Å². The summed E-state index contributed by atoms with van der Waals surface area (Å²) in [5, 5.41) is 12.2. The van der Waals surface area contributed by atoms with Crippen molar-refractivity contribution >= 4 is 12.2 Å². The van der Waals surface area contributed by atoms with Crippen molar-refractivity contribution in [1.82, 2.24) is 10.2 Å². The molecule has 28 heavy (non-hydrogen) atoms. The molecule has 2 amide bonds. The maximum atomic E-state index is 12.4. The normalized spacial score (nSPS) is 16.4. The Kier molecular flexibility index (Phi) is 7.69. The highest BCUT2D eigenvalue weighted by atomic mass is 16.6. The zero-order valence-electron chi connectivity index (χ0n) is 17.1. The number of nitrogens with zero attached hydrogens (tertiary/aromatic N) is 1. The number of hydrogen-bond donors (Lipinski definition) is 2. The highest BCUT2D eigenvalue weighted by molar-refractivity contribution is 5.69. The second-order valence-electron chi connectivity index (χ2n) is 8.26. The Morgan fingerprint density at radius 3 is 2.39 bits per heavy atom. The number of amides is 2. The van der Waals surface area contributed by atoms with E-state index in [4.69, 9.17) is 9.47 Å². The van der Waals surface area contributed by atoms with Crippen molar-refractivity contribution in [2.45, 2.75) is 64.2 Å². The van der Waals surface area contributed by atoms with E-state index in [0.717, 1.165) is 5.56 Å². The van der Waals surface area contributed by atoms with Crippen LogP contribution < -0.4 is 5.32 Å². The number of carbonyl (C=O) groups is 2. The van der Waals surface area contributed by atoms with Gasteiger partial charge in [-0.1, -0.05) is 30.3 Å². The van der Waals surface area contributed by atoms with Crippen molar-refractivity contribution in [2.24, 2.45) is 0 Å². The summed E-state index contributed by atoms with van der Waals surface area (Å²) in [4.78, 5) is 26.3. The highest BCUT2D eigenvalue weighted by Gasteiger charge is 2.38. The Balaban J connectivity index is 1.91. The van der Waals surface area contributed by atoms with Crippen LogP contribution in [0.2, 0.25) is 0 Å². The van der Waals surface area contributed by atoms with Gasteiger partial charge in [-0.25, -0.2) is 9.59 Å². The SMILES string of the molecule is CC(C)(C)OC(=O)N1CCC(CCCO)(NC(=O)OCc2ccccc2)CC1. The first-order chi connectivity index (χ1) is 13.2. The maximum absolute atomic E-state index is 12.4. The van der Waals surface area contributed by atoms with Gasteiger partial charge in [0, 0.05) is 25.2 Å². The van der Waals surface area contributed by atoms with Crippen molar-refractivity contribution in [3.8, 4) is 0 Å². The first-order valence-electron chi connectivity index (χ1n) is 9.81. The van der Waals surface area contributed by atoms with Gasteiger partial charge in [-0.15, -0.1) is 0 Å². The van der Waals surface area contributed by atoms with Crippen molar-refractivity contribution < 1.29 is 24.2 Å². The minimum Gasteiger partial charge on any atom is -0.445 e. The molecule has 0 bridgehead atoms. The minimum atomic E-state index is -0.540. The number of aliphatic hydroxyl groups excluding tert-OH is 1. The average Bonchev–Trinajstić information content (AvgIpc) is 2.65. The lowest BCUT2D eigenvalue weighted by atomic mass is 9.83. The molecule has 1 aromatic carbocycles. The maximum Gasteiger partial charge on any atom is 0.410 e. The second kappa shape index (κ2) is 9.78. The third kappa shape index (κ3) is 7.03. The first-order valence-corrected chi connectivity index (χ1v) is 9.81. The lowest BCUT2D eigenvalue weighted by Crippen LogP contribution is -2.56. The molecule has 2 N–H and O–H groups in total. The Morgan fingerprint density at radius 1 is 1.18 bits per heavy atom. The summed E-state index contributed by atoms with van der Waals surface area (Å²) < 4.78 is 10.8. The van der Waals surface area contributed by atoms with Crippen LogP contribution in [0.15, 0.2) is 30.3 Å². The fourth-order valence-electron chi connectivity index (χ4n) is 3.27. The number of ether oxygens (including phenoxy) is 2. The Morgan fingerprint density at radius 2 is 1.82 bits per heavy atom.